The Bertz CT molecular complexity index is 187. The number of aliphatic carboxylic acids is 1. The summed E-state index contributed by atoms with van der Waals surface area (Å²) in [7, 11) is 0. The second-order valence-corrected chi connectivity index (χ2v) is 2.46. The molecule has 4 heteroatoms. The van der Waals surface area contributed by atoms with Crippen molar-refractivity contribution in [2.24, 2.45) is 5.92 Å². The SMILES string of the molecule is C/C=C\C(C(=O)O)C(F)(F)CC. The lowest BCUT2D eigenvalue weighted by Gasteiger charge is -2.18. The van der Waals surface area contributed by atoms with Crippen molar-refractivity contribution in [3.05, 3.63) is 12.2 Å². The van der Waals surface area contributed by atoms with Gasteiger partial charge in [-0.25, -0.2) is 8.78 Å². The van der Waals surface area contributed by atoms with Gasteiger partial charge in [0.2, 0.25) is 0 Å². The third-order valence-electron chi connectivity index (χ3n) is 1.58. The molecule has 70 valence electrons. The van der Waals surface area contributed by atoms with E-state index in [1.807, 2.05) is 0 Å². The van der Waals surface area contributed by atoms with E-state index in [0.29, 0.717) is 0 Å². The number of rotatable bonds is 4. The Morgan fingerprint density at radius 1 is 1.67 bits per heavy atom. The quantitative estimate of drug-likeness (QED) is 0.670. The fraction of sp³-hybridized carbons (Fsp3) is 0.625. The van der Waals surface area contributed by atoms with E-state index in [-0.39, 0.29) is 0 Å². The molecular weight excluding hydrogens is 166 g/mol. The van der Waals surface area contributed by atoms with Crippen molar-refractivity contribution >= 4 is 5.97 Å². The summed E-state index contributed by atoms with van der Waals surface area (Å²) >= 11 is 0. The molecule has 1 atom stereocenters. The number of allylic oxidation sites excluding steroid dienone is 1. The molecule has 1 unspecified atom stereocenters. The standard InChI is InChI=1S/C8H12F2O2/c1-3-5-6(7(11)12)8(9,10)4-2/h3,5-6H,4H2,1-2H3,(H,11,12)/b5-3-. The summed E-state index contributed by atoms with van der Waals surface area (Å²) in [4.78, 5) is 10.4. The van der Waals surface area contributed by atoms with Gasteiger partial charge >= 0.3 is 5.97 Å². The van der Waals surface area contributed by atoms with Gasteiger partial charge in [0.05, 0.1) is 0 Å². The van der Waals surface area contributed by atoms with Crippen LogP contribution in [0.25, 0.3) is 0 Å². The van der Waals surface area contributed by atoms with Gasteiger partial charge in [-0.15, -0.1) is 0 Å². The van der Waals surface area contributed by atoms with Gasteiger partial charge in [-0.3, -0.25) is 4.79 Å². The zero-order valence-corrected chi connectivity index (χ0v) is 7.05. The molecule has 0 saturated carbocycles. The molecule has 0 radical (unpaired) electrons. The summed E-state index contributed by atoms with van der Waals surface area (Å²) in [6, 6.07) is 0. The lowest BCUT2D eigenvalue weighted by atomic mass is 9.99. The van der Waals surface area contributed by atoms with Crippen molar-refractivity contribution in [1.29, 1.82) is 0 Å². The van der Waals surface area contributed by atoms with Crippen LogP contribution >= 0.6 is 0 Å². The first-order chi connectivity index (χ1) is 5.45. The van der Waals surface area contributed by atoms with Gasteiger partial charge in [-0.1, -0.05) is 19.1 Å². The molecule has 0 aromatic heterocycles. The van der Waals surface area contributed by atoms with Crippen LogP contribution in [-0.4, -0.2) is 17.0 Å². The Morgan fingerprint density at radius 3 is 2.42 bits per heavy atom. The largest absolute Gasteiger partial charge is 0.481 e. The van der Waals surface area contributed by atoms with Crippen molar-refractivity contribution in [2.75, 3.05) is 0 Å². The van der Waals surface area contributed by atoms with Gasteiger partial charge in [-0.2, -0.15) is 0 Å². The van der Waals surface area contributed by atoms with E-state index in [2.05, 4.69) is 0 Å². The second kappa shape index (κ2) is 4.18. The molecule has 0 fully saturated rings. The third-order valence-corrected chi connectivity index (χ3v) is 1.58. The molecule has 1 N–H and O–H groups in total. The summed E-state index contributed by atoms with van der Waals surface area (Å²) in [5, 5.41) is 8.44. The van der Waals surface area contributed by atoms with Crippen molar-refractivity contribution < 1.29 is 18.7 Å². The summed E-state index contributed by atoms with van der Waals surface area (Å²) in [6.45, 7) is 2.78. The number of carbonyl (C=O) groups is 1. The Hall–Kier alpha value is -0.930. The number of hydrogen-bond donors (Lipinski definition) is 1. The minimum atomic E-state index is -3.15. The molecule has 0 bridgehead atoms. The first-order valence-electron chi connectivity index (χ1n) is 3.69. The smallest absolute Gasteiger partial charge is 0.316 e. The highest BCUT2D eigenvalue weighted by Crippen LogP contribution is 2.29. The lowest BCUT2D eigenvalue weighted by molar-refractivity contribution is -0.152. The van der Waals surface area contributed by atoms with Crippen molar-refractivity contribution in [1.82, 2.24) is 0 Å². The van der Waals surface area contributed by atoms with Gasteiger partial charge in [0.1, 0.15) is 5.92 Å². The maximum atomic E-state index is 12.8. The molecule has 0 aromatic carbocycles. The zero-order valence-electron chi connectivity index (χ0n) is 7.05. The number of alkyl halides is 2. The van der Waals surface area contributed by atoms with Crippen LogP contribution < -0.4 is 0 Å². The predicted molar refractivity (Wildman–Crippen MR) is 41.2 cm³/mol. The van der Waals surface area contributed by atoms with Crippen LogP contribution in [0.15, 0.2) is 12.2 Å². The van der Waals surface area contributed by atoms with Gasteiger partial charge in [0.25, 0.3) is 5.92 Å². The first-order valence-corrected chi connectivity index (χ1v) is 3.69. The van der Waals surface area contributed by atoms with Crippen LogP contribution in [0.5, 0.6) is 0 Å². The normalized spacial score (nSPS) is 15.0. The highest BCUT2D eigenvalue weighted by Gasteiger charge is 2.40. The summed E-state index contributed by atoms with van der Waals surface area (Å²) < 4.78 is 25.6. The van der Waals surface area contributed by atoms with Gasteiger partial charge in [-0.05, 0) is 6.92 Å². The van der Waals surface area contributed by atoms with Gasteiger partial charge in [0.15, 0.2) is 0 Å². The Kier molecular flexibility index (Phi) is 3.86. The van der Waals surface area contributed by atoms with E-state index >= 15 is 0 Å². The lowest BCUT2D eigenvalue weighted by Crippen LogP contribution is -2.32. The van der Waals surface area contributed by atoms with E-state index in [9.17, 15) is 13.6 Å². The Labute approximate surface area is 69.9 Å². The van der Waals surface area contributed by atoms with Crippen LogP contribution in [-0.2, 0) is 4.79 Å². The van der Waals surface area contributed by atoms with Crippen LogP contribution in [0.4, 0.5) is 8.78 Å². The molecule has 0 rings (SSSR count). The molecule has 0 heterocycles. The number of halogens is 2. The number of carboxylic acids is 1. The zero-order chi connectivity index (χ0) is 9.78. The second-order valence-electron chi connectivity index (χ2n) is 2.46. The molecule has 2 nitrogen and oxygen atoms in total. The highest BCUT2D eigenvalue weighted by atomic mass is 19.3. The van der Waals surface area contributed by atoms with Crippen LogP contribution in [0.1, 0.15) is 20.3 Å². The topological polar surface area (TPSA) is 37.3 Å². The number of carboxylic acid groups (broad SMARTS) is 1. The van der Waals surface area contributed by atoms with Crippen molar-refractivity contribution in [2.45, 2.75) is 26.2 Å². The van der Waals surface area contributed by atoms with E-state index in [0.717, 1.165) is 6.08 Å². The molecule has 12 heavy (non-hydrogen) atoms. The molecule has 0 aromatic rings. The average Bonchev–Trinajstić information content (AvgIpc) is 1.99. The van der Waals surface area contributed by atoms with E-state index in [1.165, 1.54) is 19.9 Å². The number of hydrogen-bond acceptors (Lipinski definition) is 1. The highest BCUT2D eigenvalue weighted by molar-refractivity contribution is 5.73. The molecule has 0 spiro atoms. The molecule has 0 aliphatic rings. The van der Waals surface area contributed by atoms with E-state index in [1.54, 1.807) is 0 Å². The van der Waals surface area contributed by atoms with E-state index in [4.69, 9.17) is 5.11 Å². The minimum absolute atomic E-state index is 0.464. The van der Waals surface area contributed by atoms with Crippen LogP contribution in [0.2, 0.25) is 0 Å². The maximum absolute atomic E-state index is 12.8. The monoisotopic (exact) mass is 178 g/mol. The molecule has 0 aliphatic carbocycles. The first kappa shape index (κ1) is 11.1. The Balaban J connectivity index is 4.61. The molecule has 0 amide bonds. The third kappa shape index (κ3) is 2.60. The molecule has 0 saturated heterocycles. The molecular formula is C8H12F2O2. The van der Waals surface area contributed by atoms with Crippen LogP contribution in [0.3, 0.4) is 0 Å². The van der Waals surface area contributed by atoms with Crippen molar-refractivity contribution in [3.8, 4) is 0 Å². The van der Waals surface area contributed by atoms with E-state index < -0.39 is 24.2 Å². The summed E-state index contributed by atoms with van der Waals surface area (Å²) in [6.07, 6.45) is 1.86. The van der Waals surface area contributed by atoms with Crippen LogP contribution in [0, 0.1) is 5.92 Å². The minimum Gasteiger partial charge on any atom is -0.481 e. The average molecular weight is 178 g/mol. The fourth-order valence-corrected chi connectivity index (χ4v) is 0.816. The van der Waals surface area contributed by atoms with Gasteiger partial charge in [0, 0.05) is 6.42 Å². The predicted octanol–water partition coefficient (Wildman–Crippen LogP) is 2.31. The van der Waals surface area contributed by atoms with Gasteiger partial charge < -0.3 is 5.11 Å². The van der Waals surface area contributed by atoms with Crippen molar-refractivity contribution in [3.63, 3.8) is 0 Å². The molecule has 0 aliphatic heterocycles. The fourth-order valence-electron chi connectivity index (χ4n) is 0.816. The summed E-state index contributed by atoms with van der Waals surface area (Å²) in [5.41, 5.74) is 0. The summed E-state index contributed by atoms with van der Waals surface area (Å²) in [5.74, 6) is -6.34. The Morgan fingerprint density at radius 2 is 2.17 bits per heavy atom. The maximum Gasteiger partial charge on any atom is 0.316 e.